The fourth-order valence-electron chi connectivity index (χ4n) is 9.46. The van der Waals surface area contributed by atoms with Crippen LogP contribution in [0.3, 0.4) is 0 Å². The minimum absolute atomic E-state index is 0.225. The van der Waals surface area contributed by atoms with Crippen molar-refractivity contribution in [2.75, 3.05) is 0 Å². The molecule has 13 rings (SSSR count). The van der Waals surface area contributed by atoms with Crippen LogP contribution in [0.2, 0.25) is 0 Å². The Morgan fingerprint density at radius 3 is 2.00 bits per heavy atom. The van der Waals surface area contributed by atoms with Crippen LogP contribution in [0.15, 0.2) is 202 Å². The first-order chi connectivity index (χ1) is 29.7. The third kappa shape index (κ3) is 5.12. The quantitative estimate of drug-likeness (QED) is 0.163. The smallest absolute Gasteiger partial charge is 0.160 e. The van der Waals surface area contributed by atoms with Crippen molar-refractivity contribution >= 4 is 92.4 Å². The lowest BCUT2D eigenvalue weighted by atomic mass is 9.95. The Labute approximate surface area is 349 Å². The number of fused-ring (bicyclic) bond motifs is 11. The molecule has 1 saturated carbocycles. The van der Waals surface area contributed by atoms with E-state index in [9.17, 15) is 0 Å². The molecule has 4 heterocycles. The Kier molecular flexibility index (Phi) is 7.27. The zero-order valence-electron chi connectivity index (χ0n) is 32.3. The number of benzene rings is 8. The molecule has 280 valence electrons. The highest BCUT2D eigenvalue weighted by Crippen LogP contribution is 2.50. The van der Waals surface area contributed by atoms with Gasteiger partial charge in [-0.2, -0.15) is 0 Å². The van der Waals surface area contributed by atoms with Gasteiger partial charge in [-0.05, 0) is 47.9 Å². The predicted molar refractivity (Wildman–Crippen MR) is 251 cm³/mol. The molecule has 1 fully saturated rings. The summed E-state index contributed by atoms with van der Waals surface area (Å²) < 4.78 is 9.42. The van der Waals surface area contributed by atoms with E-state index in [-0.39, 0.29) is 5.92 Å². The van der Waals surface area contributed by atoms with Crippen molar-refractivity contribution in [3.05, 3.63) is 204 Å². The van der Waals surface area contributed by atoms with Gasteiger partial charge in [0.1, 0.15) is 11.2 Å². The van der Waals surface area contributed by atoms with Gasteiger partial charge >= 0.3 is 0 Å². The van der Waals surface area contributed by atoms with Crippen LogP contribution in [0.5, 0.6) is 0 Å². The van der Waals surface area contributed by atoms with E-state index in [1.165, 1.54) is 31.3 Å². The monoisotopic (exact) mass is 783 g/mol. The maximum Gasteiger partial charge on any atom is 0.160 e. The van der Waals surface area contributed by atoms with Gasteiger partial charge in [0.2, 0.25) is 0 Å². The molecule has 5 heteroatoms. The molecule has 0 radical (unpaired) electrons. The van der Waals surface area contributed by atoms with Gasteiger partial charge in [-0.1, -0.05) is 152 Å². The number of rotatable bonds is 5. The van der Waals surface area contributed by atoms with Crippen LogP contribution in [0.4, 0.5) is 0 Å². The van der Waals surface area contributed by atoms with Crippen molar-refractivity contribution in [2.45, 2.75) is 6.42 Å². The Morgan fingerprint density at radius 2 is 1.15 bits per heavy atom. The molecule has 2 aliphatic rings. The van der Waals surface area contributed by atoms with Gasteiger partial charge in [0.15, 0.2) is 5.84 Å². The molecule has 0 saturated heterocycles. The number of hydrogen-bond donors (Lipinski definition) is 0. The van der Waals surface area contributed by atoms with Gasteiger partial charge in [-0.25, -0.2) is 15.0 Å². The number of allylic oxidation sites excluding steroid dienone is 1. The summed E-state index contributed by atoms with van der Waals surface area (Å²) >= 11 is 1.85. The summed E-state index contributed by atoms with van der Waals surface area (Å²) in [5, 5.41) is 8.16. The van der Waals surface area contributed by atoms with Crippen LogP contribution in [-0.2, 0) is 0 Å². The second kappa shape index (κ2) is 13.0. The van der Waals surface area contributed by atoms with Crippen molar-refractivity contribution in [3.63, 3.8) is 0 Å². The number of para-hydroxylation sites is 2. The van der Waals surface area contributed by atoms with Crippen LogP contribution in [0.1, 0.15) is 23.1 Å². The van der Waals surface area contributed by atoms with Gasteiger partial charge in [-0.15, -0.1) is 11.3 Å². The second-order valence-corrected chi connectivity index (χ2v) is 16.9. The first kappa shape index (κ1) is 33.5. The standard InChI is InChI=1S/C55H33N3OS/c1-3-13-33(14-4-1)51-40-29-30-45-50(49(40)37-17-7-9-22-44(37)56-51)41-21-11-19-36(54(41)59-45)32-25-27-35(28-26-32)55-57-52(34-15-5-2-6-16-34)42-31-43(42)53(58-55)39-20-12-24-47-48(39)38-18-8-10-23-46(38)60-47/h1-30,43H,31H2. The average molecular weight is 784 g/mol. The molecule has 1 unspecified atom stereocenters. The van der Waals surface area contributed by atoms with Crippen molar-refractivity contribution in [1.29, 1.82) is 0 Å². The number of hydrogen-bond acceptors (Lipinski definition) is 5. The van der Waals surface area contributed by atoms with E-state index in [1.807, 2.05) is 17.4 Å². The maximum atomic E-state index is 6.83. The number of amidine groups is 1. The summed E-state index contributed by atoms with van der Waals surface area (Å²) in [5.74, 6) is 0.957. The second-order valence-electron chi connectivity index (χ2n) is 15.8. The van der Waals surface area contributed by atoms with Gasteiger partial charge < -0.3 is 4.42 Å². The number of aromatic nitrogens is 1. The molecule has 1 aliphatic carbocycles. The highest BCUT2D eigenvalue weighted by atomic mass is 32.1. The summed E-state index contributed by atoms with van der Waals surface area (Å²) in [4.78, 5) is 16.1. The minimum atomic E-state index is 0.225. The summed E-state index contributed by atoms with van der Waals surface area (Å²) in [5.41, 5.74) is 13.7. The molecule has 0 spiro atoms. The summed E-state index contributed by atoms with van der Waals surface area (Å²) in [7, 11) is 0. The van der Waals surface area contributed by atoms with Gasteiger partial charge in [0.05, 0.1) is 22.6 Å². The van der Waals surface area contributed by atoms with E-state index in [0.717, 1.165) is 101 Å². The number of nitrogens with zero attached hydrogens (tertiary/aromatic N) is 3. The van der Waals surface area contributed by atoms with Gasteiger partial charge in [-0.3, -0.25) is 0 Å². The lowest BCUT2D eigenvalue weighted by Crippen LogP contribution is -2.08. The SMILES string of the molecule is c1ccc(C2=C3CC3C(c3cccc4sc5ccccc5c34)=NC(c3ccc(-c4cccc5c4oc4ccc6c(-c7ccccc7)nc7ccccc7c6c45)cc3)=N2)cc1. The van der Waals surface area contributed by atoms with Gasteiger partial charge in [0.25, 0.3) is 0 Å². The highest BCUT2D eigenvalue weighted by Gasteiger charge is 2.41. The fourth-order valence-corrected chi connectivity index (χ4v) is 10.6. The molecule has 11 aromatic rings. The van der Waals surface area contributed by atoms with E-state index in [4.69, 9.17) is 19.4 Å². The topological polar surface area (TPSA) is 50.8 Å². The highest BCUT2D eigenvalue weighted by molar-refractivity contribution is 7.25. The summed E-state index contributed by atoms with van der Waals surface area (Å²) in [6.07, 6.45) is 0.966. The molecule has 4 nitrogen and oxygen atoms in total. The number of pyridine rings is 1. The van der Waals surface area contributed by atoms with Crippen LogP contribution in [0, 0.1) is 5.92 Å². The molecular formula is C55H33N3OS. The molecule has 1 atom stereocenters. The van der Waals surface area contributed by atoms with E-state index in [1.54, 1.807) is 0 Å². The lowest BCUT2D eigenvalue weighted by Gasteiger charge is -2.11. The third-order valence-corrected chi connectivity index (χ3v) is 13.5. The Balaban J connectivity index is 0.966. The molecular weight excluding hydrogens is 751 g/mol. The molecule has 1 aliphatic heterocycles. The van der Waals surface area contributed by atoms with E-state index < -0.39 is 0 Å². The first-order valence-electron chi connectivity index (χ1n) is 20.4. The Morgan fingerprint density at radius 1 is 0.467 bits per heavy atom. The molecule has 3 aromatic heterocycles. The van der Waals surface area contributed by atoms with E-state index in [2.05, 4.69) is 176 Å². The van der Waals surface area contributed by atoms with Crippen molar-refractivity contribution < 1.29 is 4.42 Å². The van der Waals surface area contributed by atoms with E-state index in [0.29, 0.717) is 0 Å². The Bertz CT molecular complexity index is 3670. The number of aliphatic imine (C=N–C) groups is 2. The van der Waals surface area contributed by atoms with Crippen molar-refractivity contribution in [2.24, 2.45) is 15.9 Å². The molecule has 0 bridgehead atoms. The third-order valence-electron chi connectivity index (χ3n) is 12.3. The zero-order chi connectivity index (χ0) is 39.3. The van der Waals surface area contributed by atoms with Crippen LogP contribution < -0.4 is 0 Å². The Hall–Kier alpha value is -7.47. The summed E-state index contributed by atoms with van der Waals surface area (Å²) in [6, 6.07) is 64.4. The van der Waals surface area contributed by atoms with Crippen LogP contribution in [-0.4, -0.2) is 16.5 Å². The van der Waals surface area contributed by atoms with Crippen LogP contribution in [0.25, 0.3) is 91.9 Å². The minimum Gasteiger partial charge on any atom is -0.455 e. The molecule has 0 amide bonds. The lowest BCUT2D eigenvalue weighted by molar-refractivity contribution is 0.670. The van der Waals surface area contributed by atoms with Crippen molar-refractivity contribution in [1.82, 2.24) is 4.98 Å². The van der Waals surface area contributed by atoms with Crippen LogP contribution >= 0.6 is 11.3 Å². The zero-order valence-corrected chi connectivity index (χ0v) is 33.1. The maximum absolute atomic E-state index is 6.83. The molecule has 8 aromatic carbocycles. The summed E-state index contributed by atoms with van der Waals surface area (Å²) in [6.45, 7) is 0. The molecule has 60 heavy (non-hydrogen) atoms. The number of furan rings is 1. The van der Waals surface area contributed by atoms with Crippen molar-refractivity contribution in [3.8, 4) is 22.4 Å². The van der Waals surface area contributed by atoms with E-state index >= 15 is 0 Å². The fraction of sp³-hybridized carbons (Fsp3) is 0.0364. The first-order valence-corrected chi connectivity index (χ1v) is 21.3. The largest absolute Gasteiger partial charge is 0.455 e. The predicted octanol–water partition coefficient (Wildman–Crippen LogP) is 14.7. The normalized spacial score (nSPS) is 15.2. The van der Waals surface area contributed by atoms with Gasteiger partial charge in [0, 0.05) is 80.8 Å². The average Bonchev–Trinajstić information content (AvgIpc) is 3.89. The number of thiophene rings is 1. The molecule has 0 N–H and O–H groups in total.